The number of hydrogen-bond donors (Lipinski definition) is 2. The number of carbonyl (C=O) groups excluding carboxylic acids is 1. The number of halogens is 2. The normalized spacial score (nSPS) is 19.8. The van der Waals surface area contributed by atoms with E-state index in [-0.39, 0.29) is 18.6 Å². The zero-order chi connectivity index (χ0) is 22.4. The Kier molecular flexibility index (Phi) is 8.43. The first-order valence-corrected chi connectivity index (χ1v) is 11.1. The molecule has 2 N–H and O–H groups in total. The summed E-state index contributed by atoms with van der Waals surface area (Å²) >= 11 is 12.1. The van der Waals surface area contributed by atoms with Crippen molar-refractivity contribution in [1.82, 2.24) is 4.90 Å². The number of anilines is 1. The van der Waals surface area contributed by atoms with Gasteiger partial charge in [0.2, 0.25) is 5.91 Å². The average molecular weight is 467 g/mol. The maximum atomic E-state index is 11.4. The van der Waals surface area contributed by atoms with Crippen molar-refractivity contribution in [3.8, 4) is 11.5 Å². The highest BCUT2D eigenvalue weighted by Crippen LogP contribution is 2.30. The fraction of sp³-hybridized carbons (Fsp3) is 0.435. The second kappa shape index (κ2) is 11.0. The number of β-amino-alcohol motifs (C(OH)–C–C–N with tert-alkyl or cyclic N) is 1. The standard InChI is InChI=1S/C23H28Cl2N2O4/c1-3-16-10-19(31-18-8-9-20(24)21(25)11-18)13-27(16)12-17(29)14-30-23-7-5-4-6-22(23)26-15(2)28/h4-9,11,16-17,19,29H,3,10,12-14H2,1-2H3,(H,26,28)/t16-,17?,19-/m0/s1. The van der Waals surface area contributed by atoms with Crippen LogP contribution in [0.25, 0.3) is 0 Å². The minimum Gasteiger partial charge on any atom is -0.489 e. The number of carbonyl (C=O) groups is 1. The highest BCUT2D eigenvalue weighted by atomic mass is 35.5. The minimum absolute atomic E-state index is 0.0100. The fourth-order valence-electron chi connectivity index (χ4n) is 3.81. The molecule has 1 fully saturated rings. The van der Waals surface area contributed by atoms with Crippen LogP contribution in [0.3, 0.4) is 0 Å². The number of hydrogen-bond acceptors (Lipinski definition) is 5. The lowest BCUT2D eigenvalue weighted by atomic mass is 10.1. The van der Waals surface area contributed by atoms with Crippen LogP contribution >= 0.6 is 23.2 Å². The minimum atomic E-state index is -0.678. The quantitative estimate of drug-likeness (QED) is 0.563. The van der Waals surface area contributed by atoms with Gasteiger partial charge in [0, 0.05) is 38.5 Å². The molecule has 8 heteroatoms. The Morgan fingerprint density at radius 1 is 1.26 bits per heavy atom. The van der Waals surface area contributed by atoms with Crippen molar-refractivity contribution in [2.24, 2.45) is 0 Å². The molecular formula is C23H28Cl2N2O4. The number of benzene rings is 2. The number of aliphatic hydroxyl groups excluding tert-OH is 1. The molecule has 2 aromatic rings. The topological polar surface area (TPSA) is 71.0 Å². The predicted molar refractivity (Wildman–Crippen MR) is 123 cm³/mol. The van der Waals surface area contributed by atoms with E-state index in [0.29, 0.717) is 46.4 Å². The molecule has 6 nitrogen and oxygen atoms in total. The molecule has 0 bridgehead atoms. The van der Waals surface area contributed by atoms with E-state index in [1.807, 2.05) is 18.2 Å². The number of para-hydroxylation sites is 2. The molecule has 1 amide bonds. The first kappa shape index (κ1) is 23.7. The Bertz CT molecular complexity index is 896. The molecule has 2 aromatic carbocycles. The maximum absolute atomic E-state index is 11.4. The van der Waals surface area contributed by atoms with E-state index in [1.54, 1.807) is 24.3 Å². The first-order valence-electron chi connectivity index (χ1n) is 10.4. The van der Waals surface area contributed by atoms with Gasteiger partial charge in [-0.05, 0) is 30.7 Å². The van der Waals surface area contributed by atoms with Crippen molar-refractivity contribution < 1.29 is 19.4 Å². The Hall–Kier alpha value is -1.99. The lowest BCUT2D eigenvalue weighted by Gasteiger charge is -2.25. The summed E-state index contributed by atoms with van der Waals surface area (Å²) in [5.74, 6) is 1.05. The van der Waals surface area contributed by atoms with Crippen molar-refractivity contribution in [2.45, 2.75) is 44.9 Å². The fourth-order valence-corrected chi connectivity index (χ4v) is 4.10. The van der Waals surface area contributed by atoms with E-state index >= 15 is 0 Å². The summed E-state index contributed by atoms with van der Waals surface area (Å²) in [5.41, 5.74) is 0.588. The molecule has 0 spiro atoms. The summed E-state index contributed by atoms with van der Waals surface area (Å²) in [6.45, 7) is 4.88. The molecule has 3 atom stereocenters. The molecule has 1 unspecified atom stereocenters. The summed E-state index contributed by atoms with van der Waals surface area (Å²) < 4.78 is 11.9. The van der Waals surface area contributed by atoms with Gasteiger partial charge < -0.3 is 19.9 Å². The number of rotatable bonds is 9. The number of amides is 1. The zero-order valence-electron chi connectivity index (χ0n) is 17.7. The van der Waals surface area contributed by atoms with Gasteiger partial charge in [0.1, 0.15) is 30.3 Å². The maximum Gasteiger partial charge on any atom is 0.221 e. The molecular weight excluding hydrogens is 439 g/mol. The van der Waals surface area contributed by atoms with Crippen LogP contribution < -0.4 is 14.8 Å². The first-order chi connectivity index (χ1) is 14.9. The van der Waals surface area contributed by atoms with E-state index in [2.05, 4.69) is 17.1 Å². The van der Waals surface area contributed by atoms with Crippen LogP contribution in [0.2, 0.25) is 10.0 Å². The van der Waals surface area contributed by atoms with Gasteiger partial charge in [-0.1, -0.05) is 42.3 Å². The smallest absolute Gasteiger partial charge is 0.221 e. The van der Waals surface area contributed by atoms with E-state index < -0.39 is 6.10 Å². The van der Waals surface area contributed by atoms with Gasteiger partial charge in [0.15, 0.2) is 0 Å². The second-order valence-electron chi connectivity index (χ2n) is 7.71. The van der Waals surface area contributed by atoms with Gasteiger partial charge in [0.25, 0.3) is 0 Å². The molecule has 1 aliphatic rings. The lowest BCUT2D eigenvalue weighted by molar-refractivity contribution is -0.114. The monoisotopic (exact) mass is 466 g/mol. The van der Waals surface area contributed by atoms with Gasteiger partial charge in [-0.3, -0.25) is 9.69 Å². The summed E-state index contributed by atoms with van der Waals surface area (Å²) in [6.07, 6.45) is 1.16. The summed E-state index contributed by atoms with van der Waals surface area (Å²) in [4.78, 5) is 13.6. The van der Waals surface area contributed by atoms with Crippen LogP contribution in [-0.4, -0.2) is 53.9 Å². The van der Waals surface area contributed by atoms with Gasteiger partial charge in [-0.15, -0.1) is 0 Å². The molecule has 168 valence electrons. The zero-order valence-corrected chi connectivity index (χ0v) is 19.2. The van der Waals surface area contributed by atoms with Crippen molar-refractivity contribution in [1.29, 1.82) is 0 Å². The molecule has 0 radical (unpaired) electrons. The summed E-state index contributed by atoms with van der Waals surface area (Å²) in [7, 11) is 0. The average Bonchev–Trinajstić information content (AvgIpc) is 3.10. The van der Waals surface area contributed by atoms with Crippen LogP contribution in [0.15, 0.2) is 42.5 Å². The van der Waals surface area contributed by atoms with E-state index in [4.69, 9.17) is 32.7 Å². The van der Waals surface area contributed by atoms with Crippen molar-refractivity contribution in [3.63, 3.8) is 0 Å². The molecule has 1 heterocycles. The summed E-state index contributed by atoms with van der Waals surface area (Å²) in [6, 6.07) is 12.8. The van der Waals surface area contributed by atoms with E-state index in [9.17, 15) is 9.90 Å². The van der Waals surface area contributed by atoms with Gasteiger partial charge in [0.05, 0.1) is 15.7 Å². The Balaban J connectivity index is 1.54. The molecule has 0 aliphatic carbocycles. The van der Waals surface area contributed by atoms with Gasteiger partial charge >= 0.3 is 0 Å². The highest BCUT2D eigenvalue weighted by molar-refractivity contribution is 6.42. The highest BCUT2D eigenvalue weighted by Gasteiger charge is 2.33. The third-order valence-electron chi connectivity index (χ3n) is 5.23. The lowest BCUT2D eigenvalue weighted by Crippen LogP contribution is -2.39. The molecule has 1 aliphatic heterocycles. The Morgan fingerprint density at radius 2 is 2.03 bits per heavy atom. The molecule has 0 aromatic heterocycles. The second-order valence-corrected chi connectivity index (χ2v) is 8.52. The molecule has 0 saturated carbocycles. The third-order valence-corrected chi connectivity index (χ3v) is 5.97. The van der Waals surface area contributed by atoms with E-state index in [0.717, 1.165) is 12.8 Å². The number of nitrogens with zero attached hydrogens (tertiary/aromatic N) is 1. The van der Waals surface area contributed by atoms with Crippen LogP contribution in [0.1, 0.15) is 26.7 Å². The molecule has 31 heavy (non-hydrogen) atoms. The Morgan fingerprint density at radius 3 is 2.74 bits per heavy atom. The van der Waals surface area contributed by atoms with Gasteiger partial charge in [-0.25, -0.2) is 0 Å². The predicted octanol–water partition coefficient (Wildman–Crippen LogP) is 4.62. The number of ether oxygens (including phenoxy) is 2. The van der Waals surface area contributed by atoms with Crippen molar-refractivity contribution >= 4 is 34.8 Å². The summed E-state index contributed by atoms with van der Waals surface area (Å²) in [5, 5.41) is 14.3. The molecule has 3 rings (SSSR count). The largest absolute Gasteiger partial charge is 0.489 e. The van der Waals surface area contributed by atoms with Gasteiger partial charge in [-0.2, -0.15) is 0 Å². The van der Waals surface area contributed by atoms with E-state index in [1.165, 1.54) is 6.92 Å². The van der Waals surface area contributed by atoms with Crippen molar-refractivity contribution in [3.05, 3.63) is 52.5 Å². The van der Waals surface area contributed by atoms with Crippen LogP contribution in [0.5, 0.6) is 11.5 Å². The number of aliphatic hydroxyl groups is 1. The number of likely N-dealkylation sites (tertiary alicyclic amines) is 1. The van der Waals surface area contributed by atoms with Crippen molar-refractivity contribution in [2.75, 3.05) is 25.0 Å². The van der Waals surface area contributed by atoms with Crippen LogP contribution in [0, 0.1) is 0 Å². The number of nitrogens with one attached hydrogen (secondary N) is 1. The SMILES string of the molecule is CC[C@H]1C[C@H](Oc2ccc(Cl)c(Cl)c2)CN1CC(O)COc1ccccc1NC(C)=O. The van der Waals surface area contributed by atoms with Crippen LogP contribution in [0.4, 0.5) is 5.69 Å². The van der Waals surface area contributed by atoms with Crippen LogP contribution in [-0.2, 0) is 4.79 Å². The Labute approximate surface area is 193 Å². The third kappa shape index (κ3) is 6.74. The molecule has 1 saturated heterocycles.